The number of aryl methyl sites for hydroxylation is 1. The molecule has 36 heavy (non-hydrogen) atoms. The van der Waals surface area contributed by atoms with Crippen molar-refractivity contribution >= 4 is 11.9 Å². The van der Waals surface area contributed by atoms with E-state index < -0.39 is 0 Å². The quantitative estimate of drug-likeness (QED) is 0.536. The van der Waals surface area contributed by atoms with Crippen molar-refractivity contribution in [1.82, 2.24) is 29.7 Å². The van der Waals surface area contributed by atoms with Gasteiger partial charge in [0.05, 0.1) is 6.67 Å². The second-order valence-corrected chi connectivity index (χ2v) is 14.2. The smallest absolute Gasteiger partial charge is 0.231 e. The summed E-state index contributed by atoms with van der Waals surface area (Å²) >= 11 is 0. The minimum Gasteiger partial charge on any atom is -0.347 e. The second-order valence-electron chi connectivity index (χ2n) is 14.2. The average molecular weight is 503 g/mol. The molecule has 0 N–H and O–H groups in total. The predicted octanol–water partition coefficient (Wildman–Crippen LogP) is 4.24. The van der Waals surface area contributed by atoms with Crippen LogP contribution in [-0.2, 0) is 0 Å². The molecule has 2 saturated heterocycles. The van der Waals surface area contributed by atoms with Gasteiger partial charge in [0, 0.05) is 48.3 Å². The monoisotopic (exact) mass is 502 g/mol. The Kier molecular flexibility index (Phi) is 7.80. The van der Waals surface area contributed by atoms with E-state index in [1.54, 1.807) is 0 Å². The molecule has 2 aliphatic rings. The van der Waals surface area contributed by atoms with Crippen molar-refractivity contribution in [3.63, 3.8) is 0 Å². The molecular weight excluding hydrogens is 448 g/mol. The van der Waals surface area contributed by atoms with Gasteiger partial charge in [-0.1, -0.05) is 0 Å². The van der Waals surface area contributed by atoms with Crippen LogP contribution in [0.4, 0.5) is 11.9 Å². The van der Waals surface area contributed by atoms with Crippen LogP contribution in [0.5, 0.6) is 0 Å². The predicted molar refractivity (Wildman–Crippen MR) is 152 cm³/mol. The zero-order valence-corrected chi connectivity index (χ0v) is 25.8. The third-order valence-electron chi connectivity index (χ3n) is 9.39. The van der Waals surface area contributed by atoms with Crippen LogP contribution in [0.1, 0.15) is 86.9 Å². The lowest BCUT2D eigenvalue weighted by Gasteiger charge is -2.57. The van der Waals surface area contributed by atoms with E-state index in [2.05, 4.69) is 101 Å². The van der Waals surface area contributed by atoms with Crippen molar-refractivity contribution in [2.45, 2.75) is 122 Å². The van der Waals surface area contributed by atoms with Crippen molar-refractivity contribution in [2.75, 3.05) is 51.7 Å². The number of hydrogen-bond acceptors (Lipinski definition) is 8. The molecule has 0 spiro atoms. The average Bonchev–Trinajstić information content (AvgIpc) is 2.72. The van der Waals surface area contributed by atoms with Crippen LogP contribution in [0, 0.1) is 6.92 Å². The van der Waals surface area contributed by atoms with Gasteiger partial charge in [0.25, 0.3) is 0 Å². The summed E-state index contributed by atoms with van der Waals surface area (Å²) in [7, 11) is 10.8. The molecule has 0 bridgehead atoms. The highest BCUT2D eigenvalue weighted by molar-refractivity contribution is 5.39. The minimum atomic E-state index is 0.0766. The van der Waals surface area contributed by atoms with Crippen molar-refractivity contribution in [3.8, 4) is 0 Å². The Balaban J connectivity index is 2.00. The summed E-state index contributed by atoms with van der Waals surface area (Å²) in [6, 6.07) is 0.815. The fourth-order valence-electron chi connectivity index (χ4n) is 6.65. The lowest BCUT2D eigenvalue weighted by molar-refractivity contribution is -0.0449. The molecule has 3 rings (SSSR count). The summed E-state index contributed by atoms with van der Waals surface area (Å²) < 4.78 is 0. The zero-order valence-electron chi connectivity index (χ0n) is 25.8. The first-order valence-corrected chi connectivity index (χ1v) is 13.6. The molecule has 8 nitrogen and oxygen atoms in total. The highest BCUT2D eigenvalue weighted by atomic mass is 15.4. The Morgan fingerprint density at radius 3 is 1.47 bits per heavy atom. The van der Waals surface area contributed by atoms with Gasteiger partial charge in [0.2, 0.25) is 11.9 Å². The molecule has 0 aromatic carbocycles. The van der Waals surface area contributed by atoms with Crippen LogP contribution in [-0.4, -0.2) is 106 Å². The van der Waals surface area contributed by atoms with Gasteiger partial charge in [0.15, 0.2) is 0 Å². The maximum atomic E-state index is 4.97. The van der Waals surface area contributed by atoms with Gasteiger partial charge in [-0.25, -0.2) is 0 Å². The van der Waals surface area contributed by atoms with E-state index in [9.17, 15) is 0 Å². The fourth-order valence-corrected chi connectivity index (χ4v) is 6.65. The molecule has 2 aliphatic heterocycles. The molecular formula is C28H54N8. The normalized spacial score (nSPS) is 24.8. The number of aromatic nitrogens is 3. The standard InChI is InChI=1S/C28H54N8/c1-20-29-23(32(10)11)31-24(30-20)36(22-17-27(6,7)35(14)28(8,9)18-22)19-33(12)21-15-25(2,3)34(13)26(4,5)16-21/h21-22H,15-19H2,1-14H3. The van der Waals surface area contributed by atoms with Gasteiger partial charge in [-0.2, -0.15) is 15.0 Å². The van der Waals surface area contributed by atoms with E-state index in [0.29, 0.717) is 12.1 Å². The largest absolute Gasteiger partial charge is 0.347 e. The van der Waals surface area contributed by atoms with Crippen molar-refractivity contribution in [2.24, 2.45) is 0 Å². The maximum absolute atomic E-state index is 4.97. The molecule has 8 heteroatoms. The van der Waals surface area contributed by atoms with Crippen LogP contribution in [0.2, 0.25) is 0 Å². The number of rotatable bonds is 6. The molecule has 3 heterocycles. The van der Waals surface area contributed by atoms with E-state index in [1.165, 1.54) is 0 Å². The molecule has 0 unspecified atom stereocenters. The summed E-state index contributed by atoms with van der Waals surface area (Å²) in [5.41, 5.74) is 0.441. The highest BCUT2D eigenvalue weighted by Crippen LogP contribution is 2.41. The number of piperidine rings is 2. The Bertz CT molecular complexity index is 886. The van der Waals surface area contributed by atoms with E-state index >= 15 is 0 Å². The van der Waals surface area contributed by atoms with Crippen LogP contribution >= 0.6 is 0 Å². The molecule has 0 atom stereocenters. The number of hydrogen-bond donors (Lipinski definition) is 0. The maximum Gasteiger partial charge on any atom is 0.231 e. The van der Waals surface area contributed by atoms with Crippen LogP contribution in [0.25, 0.3) is 0 Å². The van der Waals surface area contributed by atoms with Gasteiger partial charge in [-0.15, -0.1) is 0 Å². The summed E-state index contributed by atoms with van der Waals surface area (Å²) in [5.74, 6) is 2.29. The Hall–Kier alpha value is -1.51. The second kappa shape index (κ2) is 9.66. The van der Waals surface area contributed by atoms with Gasteiger partial charge in [-0.3, -0.25) is 14.7 Å². The molecule has 0 amide bonds. The number of anilines is 2. The summed E-state index contributed by atoms with van der Waals surface area (Å²) in [6.07, 6.45) is 4.40. The topological polar surface area (TPSA) is 54.9 Å². The molecule has 0 radical (unpaired) electrons. The molecule has 1 aromatic rings. The first-order valence-electron chi connectivity index (χ1n) is 13.6. The van der Waals surface area contributed by atoms with E-state index in [-0.39, 0.29) is 22.2 Å². The lowest BCUT2D eigenvalue weighted by Crippen LogP contribution is -2.65. The molecule has 206 valence electrons. The molecule has 1 aromatic heterocycles. The summed E-state index contributed by atoms with van der Waals surface area (Å²) in [4.78, 5) is 26.6. The van der Waals surface area contributed by atoms with Crippen LogP contribution < -0.4 is 9.80 Å². The molecule has 0 aliphatic carbocycles. The molecule has 0 saturated carbocycles. The third-order valence-corrected chi connectivity index (χ3v) is 9.39. The van der Waals surface area contributed by atoms with Gasteiger partial charge >= 0.3 is 0 Å². The van der Waals surface area contributed by atoms with Gasteiger partial charge in [0.1, 0.15) is 5.82 Å². The van der Waals surface area contributed by atoms with E-state index in [1.807, 2.05) is 25.9 Å². The number of nitrogens with zero attached hydrogens (tertiary/aromatic N) is 8. The third kappa shape index (κ3) is 5.81. The van der Waals surface area contributed by atoms with Crippen molar-refractivity contribution < 1.29 is 0 Å². The van der Waals surface area contributed by atoms with E-state index in [0.717, 1.165) is 50.1 Å². The van der Waals surface area contributed by atoms with Crippen molar-refractivity contribution in [3.05, 3.63) is 5.82 Å². The molecule has 2 fully saturated rings. The minimum absolute atomic E-state index is 0.0766. The lowest BCUT2D eigenvalue weighted by atomic mass is 9.76. The summed E-state index contributed by atoms with van der Waals surface area (Å²) in [6.45, 7) is 21.8. The van der Waals surface area contributed by atoms with Gasteiger partial charge < -0.3 is 9.80 Å². The SMILES string of the molecule is Cc1nc(N(C)C)nc(N(CN(C)C2CC(C)(C)N(C)C(C)(C)C2)C2CC(C)(C)N(C)C(C)(C)C2)n1. The fraction of sp³-hybridized carbons (Fsp3) is 0.893. The first-order chi connectivity index (χ1) is 16.3. The Labute approximate surface area is 221 Å². The zero-order chi connectivity index (χ0) is 27.4. The van der Waals surface area contributed by atoms with Crippen LogP contribution in [0.15, 0.2) is 0 Å². The first kappa shape index (κ1) is 29.1. The van der Waals surface area contributed by atoms with E-state index in [4.69, 9.17) is 9.97 Å². The van der Waals surface area contributed by atoms with Crippen molar-refractivity contribution in [1.29, 1.82) is 0 Å². The van der Waals surface area contributed by atoms with Gasteiger partial charge in [-0.05, 0) is 109 Å². The highest BCUT2D eigenvalue weighted by Gasteiger charge is 2.47. The summed E-state index contributed by atoms with van der Waals surface area (Å²) in [5, 5.41) is 0. The number of likely N-dealkylation sites (tertiary alicyclic amines) is 2. The Morgan fingerprint density at radius 1 is 0.667 bits per heavy atom. The Morgan fingerprint density at radius 2 is 1.06 bits per heavy atom. The van der Waals surface area contributed by atoms with Crippen LogP contribution in [0.3, 0.4) is 0 Å².